The molecule has 0 atom stereocenters. The minimum atomic E-state index is 0.208. The molecule has 0 radical (unpaired) electrons. The summed E-state index contributed by atoms with van der Waals surface area (Å²) in [5.74, 6) is 0.208. The molecule has 24 heavy (non-hydrogen) atoms. The lowest BCUT2D eigenvalue weighted by Crippen LogP contribution is -2.16. The summed E-state index contributed by atoms with van der Waals surface area (Å²) in [5.41, 5.74) is 2.10. The van der Waals surface area contributed by atoms with Crippen LogP contribution in [0.3, 0.4) is 0 Å². The number of rotatable bonds is 3. The summed E-state index contributed by atoms with van der Waals surface area (Å²) in [6, 6.07) is 15.8. The first-order chi connectivity index (χ1) is 11.7. The van der Waals surface area contributed by atoms with E-state index in [1.165, 1.54) is 5.56 Å². The Hall–Kier alpha value is -2.94. The van der Waals surface area contributed by atoms with Crippen molar-refractivity contribution in [3.05, 3.63) is 91.9 Å². The van der Waals surface area contributed by atoms with Gasteiger partial charge in [-0.25, -0.2) is 0 Å². The zero-order valence-electron chi connectivity index (χ0n) is 14.0. The van der Waals surface area contributed by atoms with Gasteiger partial charge in [0.25, 0.3) is 0 Å². The zero-order chi connectivity index (χ0) is 17.6. The van der Waals surface area contributed by atoms with Crippen LogP contribution in [0.25, 0.3) is 12.2 Å². The number of hydrogen-bond donors (Lipinski definition) is 0. The molecule has 3 nitrogen and oxygen atoms in total. The quantitative estimate of drug-likeness (QED) is 0.813. The number of benzene rings is 1. The van der Waals surface area contributed by atoms with Gasteiger partial charge < -0.3 is 4.90 Å². The van der Waals surface area contributed by atoms with Gasteiger partial charge in [0.1, 0.15) is 0 Å². The average molecular weight is 320 g/mol. The maximum absolute atomic E-state index is 10.7. The predicted molar refractivity (Wildman–Crippen MR) is 102 cm³/mol. The molecule has 1 amide bonds. The molecule has 1 aromatic heterocycles. The monoisotopic (exact) mass is 320 g/mol. The molecule has 0 bridgehead atoms. The number of carbonyl (C=O) groups excluding carboxylic acids is 1. The van der Waals surface area contributed by atoms with Crippen LogP contribution < -0.4 is 0 Å². The van der Waals surface area contributed by atoms with Gasteiger partial charge in [0.2, 0.25) is 5.91 Å². The Labute approximate surface area is 144 Å². The molecule has 3 heteroatoms. The Morgan fingerprint density at radius 3 is 2.00 bits per heavy atom. The van der Waals surface area contributed by atoms with Crippen LogP contribution >= 0.6 is 0 Å². The van der Waals surface area contributed by atoms with Gasteiger partial charge in [-0.1, -0.05) is 62.2 Å². The minimum absolute atomic E-state index is 0.208. The van der Waals surface area contributed by atoms with Crippen molar-refractivity contribution in [3.63, 3.8) is 0 Å². The Bertz CT molecular complexity index is 592. The zero-order valence-corrected chi connectivity index (χ0v) is 14.0. The summed E-state index contributed by atoms with van der Waals surface area (Å²) in [6.45, 7) is 11.6. The van der Waals surface area contributed by atoms with Crippen molar-refractivity contribution in [1.82, 2.24) is 9.88 Å². The van der Waals surface area contributed by atoms with Gasteiger partial charge in [-0.05, 0) is 36.4 Å². The maximum Gasteiger partial charge on any atom is 0.226 e. The normalized spacial score (nSPS) is 12.2. The van der Waals surface area contributed by atoms with Crippen molar-refractivity contribution < 1.29 is 4.79 Å². The molecule has 124 valence electrons. The third-order valence-corrected chi connectivity index (χ3v) is 3.26. The summed E-state index contributed by atoms with van der Waals surface area (Å²) >= 11 is 0. The van der Waals surface area contributed by atoms with Crippen molar-refractivity contribution >= 4 is 18.1 Å². The molecule has 2 aromatic rings. The second-order valence-corrected chi connectivity index (χ2v) is 4.95. The highest BCUT2D eigenvalue weighted by atomic mass is 16.2. The fourth-order valence-electron chi connectivity index (χ4n) is 1.95. The van der Waals surface area contributed by atoms with Crippen LogP contribution in [0.1, 0.15) is 24.1 Å². The highest BCUT2D eigenvalue weighted by Crippen LogP contribution is 2.08. The Kier molecular flexibility index (Phi) is 9.24. The van der Waals surface area contributed by atoms with Crippen LogP contribution in [-0.4, -0.2) is 22.3 Å². The van der Waals surface area contributed by atoms with E-state index in [1.807, 2.05) is 54.6 Å². The lowest BCUT2D eigenvalue weighted by Gasteiger charge is -2.05. The van der Waals surface area contributed by atoms with Crippen LogP contribution in [0.15, 0.2) is 80.7 Å². The summed E-state index contributed by atoms with van der Waals surface area (Å²) in [6.07, 6.45) is 8.59. The summed E-state index contributed by atoms with van der Waals surface area (Å²) in [7, 11) is 0. The summed E-state index contributed by atoms with van der Waals surface area (Å²) < 4.78 is 0. The van der Waals surface area contributed by atoms with Gasteiger partial charge in [-0.2, -0.15) is 0 Å². The Morgan fingerprint density at radius 2 is 1.67 bits per heavy atom. The number of likely N-dealkylation sites (tertiary alicyclic amines) is 1. The predicted octanol–water partition coefficient (Wildman–Crippen LogP) is 4.81. The number of aromatic nitrogens is 1. The van der Waals surface area contributed by atoms with Gasteiger partial charge in [0.05, 0.1) is 5.69 Å². The first-order valence-corrected chi connectivity index (χ1v) is 7.84. The molecule has 1 aliphatic rings. The Morgan fingerprint density at radius 1 is 0.958 bits per heavy atom. The Balaban J connectivity index is 0.000000180. The van der Waals surface area contributed by atoms with E-state index in [9.17, 15) is 4.79 Å². The SMILES string of the molecule is C=CN1CCCC1=O.C=Cc1ccccc1.C=Cc1ccccn1. The van der Waals surface area contributed by atoms with Crippen molar-refractivity contribution in [2.45, 2.75) is 12.8 Å². The molecule has 1 fully saturated rings. The van der Waals surface area contributed by atoms with Crippen LogP contribution in [0, 0.1) is 0 Å². The lowest BCUT2D eigenvalue weighted by atomic mass is 10.2. The summed E-state index contributed by atoms with van der Waals surface area (Å²) in [5, 5.41) is 0. The van der Waals surface area contributed by atoms with Crippen molar-refractivity contribution in [1.29, 1.82) is 0 Å². The first kappa shape index (κ1) is 19.1. The maximum atomic E-state index is 10.7. The number of carbonyl (C=O) groups is 1. The fourth-order valence-corrected chi connectivity index (χ4v) is 1.95. The van der Waals surface area contributed by atoms with Gasteiger partial charge in [-0.15, -0.1) is 0 Å². The van der Waals surface area contributed by atoms with E-state index in [2.05, 4.69) is 24.7 Å². The number of nitrogens with zero attached hydrogens (tertiary/aromatic N) is 2. The van der Waals surface area contributed by atoms with Gasteiger partial charge in [0.15, 0.2) is 0 Å². The highest BCUT2D eigenvalue weighted by Gasteiger charge is 2.15. The van der Waals surface area contributed by atoms with Crippen molar-refractivity contribution in [2.75, 3.05) is 6.54 Å². The topological polar surface area (TPSA) is 33.2 Å². The molecule has 0 aliphatic carbocycles. The smallest absolute Gasteiger partial charge is 0.226 e. The fraction of sp³-hybridized carbons (Fsp3) is 0.143. The molecule has 1 saturated heterocycles. The lowest BCUT2D eigenvalue weighted by molar-refractivity contribution is -0.125. The van der Waals surface area contributed by atoms with Crippen LogP contribution in [0.4, 0.5) is 0 Å². The molecule has 0 spiro atoms. The van der Waals surface area contributed by atoms with E-state index in [0.29, 0.717) is 6.42 Å². The second-order valence-electron chi connectivity index (χ2n) is 4.95. The molecule has 2 heterocycles. The average Bonchev–Trinajstić information content (AvgIpc) is 3.09. The van der Waals surface area contributed by atoms with Crippen LogP contribution in [-0.2, 0) is 4.79 Å². The van der Waals surface area contributed by atoms with E-state index in [-0.39, 0.29) is 5.91 Å². The van der Waals surface area contributed by atoms with Gasteiger partial charge >= 0.3 is 0 Å². The van der Waals surface area contributed by atoms with Gasteiger partial charge in [-0.3, -0.25) is 9.78 Å². The minimum Gasteiger partial charge on any atom is -0.320 e. The third-order valence-electron chi connectivity index (χ3n) is 3.26. The molecule has 1 aliphatic heterocycles. The molecular weight excluding hydrogens is 296 g/mol. The highest BCUT2D eigenvalue weighted by molar-refractivity contribution is 5.78. The second kappa shape index (κ2) is 11.6. The molecule has 0 saturated carbocycles. The number of pyridine rings is 1. The molecule has 0 unspecified atom stereocenters. The number of amides is 1. The largest absolute Gasteiger partial charge is 0.320 e. The number of hydrogen-bond acceptors (Lipinski definition) is 2. The summed E-state index contributed by atoms with van der Waals surface area (Å²) in [4.78, 5) is 16.3. The third kappa shape index (κ3) is 7.36. The van der Waals surface area contributed by atoms with E-state index in [1.54, 1.807) is 23.4 Å². The first-order valence-electron chi connectivity index (χ1n) is 7.84. The van der Waals surface area contributed by atoms with Crippen molar-refractivity contribution in [3.8, 4) is 0 Å². The van der Waals surface area contributed by atoms with Crippen LogP contribution in [0.5, 0.6) is 0 Å². The van der Waals surface area contributed by atoms with E-state index in [0.717, 1.165) is 18.7 Å². The van der Waals surface area contributed by atoms with Crippen molar-refractivity contribution in [2.24, 2.45) is 0 Å². The van der Waals surface area contributed by atoms with Crippen LogP contribution in [0.2, 0.25) is 0 Å². The van der Waals surface area contributed by atoms with E-state index >= 15 is 0 Å². The molecule has 3 rings (SSSR count). The molecular formula is C21H24N2O. The van der Waals surface area contributed by atoms with E-state index in [4.69, 9.17) is 0 Å². The van der Waals surface area contributed by atoms with Gasteiger partial charge in [0, 0.05) is 19.2 Å². The standard InChI is InChI=1S/C8H8.C7H7N.C6H9NO/c1-2-8-6-4-3-5-7-8;1-2-7-5-3-4-6-8-7;1-2-7-5-3-4-6(7)8/h2-7H,1H2;2-6H,1H2;2H,1,3-5H2. The molecule has 1 aromatic carbocycles. The van der Waals surface area contributed by atoms with E-state index < -0.39 is 0 Å². The molecule has 0 N–H and O–H groups in total.